The van der Waals surface area contributed by atoms with Gasteiger partial charge in [-0.25, -0.2) is 0 Å². The van der Waals surface area contributed by atoms with Gasteiger partial charge in [-0.1, -0.05) is 35.5 Å². The minimum atomic E-state index is -0.352. The van der Waals surface area contributed by atoms with Gasteiger partial charge in [0.05, 0.1) is 7.11 Å². The molecule has 0 atom stereocenters. The van der Waals surface area contributed by atoms with Crippen LogP contribution >= 0.6 is 0 Å². The quantitative estimate of drug-likeness (QED) is 0.649. The summed E-state index contributed by atoms with van der Waals surface area (Å²) in [6, 6.07) is 11.0. The summed E-state index contributed by atoms with van der Waals surface area (Å²) in [7, 11) is 1.33. The number of nitrogens with one attached hydrogen (secondary N) is 1. The number of methoxy groups -OCH3 is 1. The topological polar surface area (TPSA) is 81.4 Å². The SMILES string of the molecule is COC(=O)CCCNC(=O)c1cc(-c2ccccc2)no1. The van der Waals surface area contributed by atoms with Crippen molar-refractivity contribution in [2.75, 3.05) is 13.7 Å². The molecule has 1 N–H and O–H groups in total. The maximum atomic E-state index is 11.8. The molecule has 1 heterocycles. The third-order valence-corrected chi connectivity index (χ3v) is 2.87. The van der Waals surface area contributed by atoms with Gasteiger partial charge >= 0.3 is 5.97 Å². The summed E-state index contributed by atoms with van der Waals surface area (Å²) in [5.74, 6) is -0.503. The predicted octanol–water partition coefficient (Wildman–Crippen LogP) is 2.02. The molecule has 1 aromatic heterocycles. The van der Waals surface area contributed by atoms with Crippen molar-refractivity contribution in [2.45, 2.75) is 12.8 Å². The van der Waals surface area contributed by atoms with Crippen LogP contribution in [0.1, 0.15) is 23.4 Å². The lowest BCUT2D eigenvalue weighted by Crippen LogP contribution is -2.24. The van der Waals surface area contributed by atoms with Crippen molar-refractivity contribution in [1.29, 1.82) is 0 Å². The monoisotopic (exact) mass is 288 g/mol. The molecule has 1 amide bonds. The van der Waals surface area contributed by atoms with E-state index in [1.807, 2.05) is 30.3 Å². The summed E-state index contributed by atoms with van der Waals surface area (Å²) in [5.41, 5.74) is 1.49. The van der Waals surface area contributed by atoms with Crippen LogP contribution in [0.2, 0.25) is 0 Å². The molecule has 2 aromatic rings. The molecular formula is C15H16N2O4. The van der Waals surface area contributed by atoms with Crippen molar-refractivity contribution in [1.82, 2.24) is 10.5 Å². The molecule has 0 bridgehead atoms. The third-order valence-electron chi connectivity index (χ3n) is 2.87. The molecule has 1 aromatic carbocycles. The fourth-order valence-electron chi connectivity index (χ4n) is 1.75. The highest BCUT2D eigenvalue weighted by atomic mass is 16.5. The summed E-state index contributed by atoms with van der Waals surface area (Å²) in [4.78, 5) is 22.8. The molecule has 0 aliphatic rings. The van der Waals surface area contributed by atoms with E-state index in [1.165, 1.54) is 7.11 Å². The number of amides is 1. The lowest BCUT2D eigenvalue weighted by atomic mass is 10.1. The van der Waals surface area contributed by atoms with Gasteiger partial charge < -0.3 is 14.6 Å². The Morgan fingerprint density at radius 1 is 1.29 bits per heavy atom. The number of rotatable bonds is 6. The largest absolute Gasteiger partial charge is 0.469 e. The van der Waals surface area contributed by atoms with Gasteiger partial charge in [-0.2, -0.15) is 0 Å². The second-order valence-electron chi connectivity index (χ2n) is 4.38. The smallest absolute Gasteiger partial charge is 0.305 e. The molecule has 6 nitrogen and oxygen atoms in total. The molecule has 2 rings (SSSR count). The first-order chi connectivity index (χ1) is 10.2. The van der Waals surface area contributed by atoms with E-state index in [1.54, 1.807) is 6.07 Å². The zero-order valence-electron chi connectivity index (χ0n) is 11.7. The van der Waals surface area contributed by atoms with Crippen molar-refractivity contribution in [2.24, 2.45) is 0 Å². The molecule has 0 spiro atoms. The summed E-state index contributed by atoms with van der Waals surface area (Å²) >= 11 is 0. The van der Waals surface area contributed by atoms with Crippen molar-refractivity contribution in [3.8, 4) is 11.3 Å². The Morgan fingerprint density at radius 2 is 2.05 bits per heavy atom. The van der Waals surface area contributed by atoms with Crippen LogP contribution in [-0.4, -0.2) is 30.7 Å². The second kappa shape index (κ2) is 7.23. The van der Waals surface area contributed by atoms with Crippen molar-refractivity contribution in [3.05, 3.63) is 42.2 Å². The lowest BCUT2D eigenvalue weighted by molar-refractivity contribution is -0.140. The van der Waals surface area contributed by atoms with Crippen LogP contribution in [0.4, 0.5) is 0 Å². The van der Waals surface area contributed by atoms with E-state index in [4.69, 9.17) is 4.52 Å². The Kier molecular flexibility index (Phi) is 5.09. The molecule has 0 aliphatic heterocycles. The Morgan fingerprint density at radius 3 is 2.76 bits per heavy atom. The molecule has 0 radical (unpaired) electrons. The van der Waals surface area contributed by atoms with Crippen LogP contribution in [0.15, 0.2) is 40.9 Å². The Balaban J connectivity index is 1.86. The number of hydrogen-bond donors (Lipinski definition) is 1. The standard InChI is InChI=1S/C15H16N2O4/c1-20-14(18)8-5-9-16-15(19)13-10-12(17-21-13)11-6-3-2-4-7-11/h2-4,6-7,10H,5,8-9H2,1H3,(H,16,19). The van der Waals surface area contributed by atoms with Crippen LogP contribution in [0.3, 0.4) is 0 Å². The van der Waals surface area contributed by atoms with Gasteiger partial charge in [0.15, 0.2) is 0 Å². The lowest BCUT2D eigenvalue weighted by Gasteiger charge is -2.01. The summed E-state index contributed by atoms with van der Waals surface area (Å²) in [5, 5.41) is 6.53. The zero-order valence-corrected chi connectivity index (χ0v) is 11.7. The molecule has 0 aliphatic carbocycles. The molecule has 21 heavy (non-hydrogen) atoms. The van der Waals surface area contributed by atoms with Crippen LogP contribution in [0.5, 0.6) is 0 Å². The maximum Gasteiger partial charge on any atom is 0.305 e. The first-order valence-corrected chi connectivity index (χ1v) is 6.58. The summed E-state index contributed by atoms with van der Waals surface area (Å²) in [6.07, 6.45) is 0.778. The molecule has 6 heteroatoms. The number of carbonyl (C=O) groups is 2. The summed E-state index contributed by atoms with van der Waals surface area (Å²) < 4.78 is 9.54. The fourth-order valence-corrected chi connectivity index (χ4v) is 1.75. The zero-order chi connectivity index (χ0) is 15.1. The molecule has 0 saturated carbocycles. The van der Waals surface area contributed by atoms with Crippen LogP contribution in [0, 0.1) is 0 Å². The Bertz CT molecular complexity index is 607. The summed E-state index contributed by atoms with van der Waals surface area (Å²) in [6.45, 7) is 0.370. The van der Waals surface area contributed by atoms with Crippen molar-refractivity contribution < 1.29 is 18.8 Å². The fraction of sp³-hybridized carbons (Fsp3) is 0.267. The average molecular weight is 288 g/mol. The van der Waals surface area contributed by atoms with Gasteiger partial charge in [0.1, 0.15) is 5.69 Å². The van der Waals surface area contributed by atoms with E-state index >= 15 is 0 Å². The third kappa shape index (κ3) is 4.17. The van der Waals surface area contributed by atoms with E-state index in [2.05, 4.69) is 15.2 Å². The van der Waals surface area contributed by atoms with E-state index < -0.39 is 0 Å². The number of ether oxygens (including phenoxy) is 1. The number of carbonyl (C=O) groups excluding carboxylic acids is 2. The van der Waals surface area contributed by atoms with Gasteiger partial charge in [-0.05, 0) is 6.42 Å². The van der Waals surface area contributed by atoms with Gasteiger partial charge in [0.25, 0.3) is 5.91 Å². The molecule has 0 unspecified atom stereocenters. The second-order valence-corrected chi connectivity index (χ2v) is 4.38. The number of benzene rings is 1. The van der Waals surface area contributed by atoms with Crippen molar-refractivity contribution in [3.63, 3.8) is 0 Å². The minimum Gasteiger partial charge on any atom is -0.469 e. The first-order valence-electron chi connectivity index (χ1n) is 6.58. The van der Waals surface area contributed by atoms with Crippen LogP contribution < -0.4 is 5.32 Å². The van der Waals surface area contributed by atoms with E-state index in [0.29, 0.717) is 18.7 Å². The van der Waals surface area contributed by atoms with Gasteiger partial charge in [-0.3, -0.25) is 9.59 Å². The number of esters is 1. The average Bonchev–Trinajstić information content (AvgIpc) is 3.02. The number of aromatic nitrogens is 1. The first kappa shape index (κ1) is 14.8. The Labute approximate surface area is 122 Å². The van der Waals surface area contributed by atoms with Gasteiger partial charge in [-0.15, -0.1) is 0 Å². The van der Waals surface area contributed by atoms with Gasteiger partial charge in [0, 0.05) is 24.6 Å². The highest BCUT2D eigenvalue weighted by Gasteiger charge is 2.13. The molecule has 0 fully saturated rings. The molecule has 0 saturated heterocycles. The van der Waals surface area contributed by atoms with Crippen LogP contribution in [0.25, 0.3) is 11.3 Å². The maximum absolute atomic E-state index is 11.8. The minimum absolute atomic E-state index is 0.145. The van der Waals surface area contributed by atoms with Gasteiger partial charge in [0.2, 0.25) is 5.76 Å². The van der Waals surface area contributed by atoms with Crippen molar-refractivity contribution >= 4 is 11.9 Å². The highest BCUT2D eigenvalue weighted by Crippen LogP contribution is 2.18. The van der Waals surface area contributed by atoms with E-state index in [-0.39, 0.29) is 24.1 Å². The highest BCUT2D eigenvalue weighted by molar-refractivity contribution is 5.92. The molecular weight excluding hydrogens is 272 g/mol. The number of hydrogen-bond acceptors (Lipinski definition) is 5. The van der Waals surface area contributed by atoms with Crippen LogP contribution in [-0.2, 0) is 9.53 Å². The van der Waals surface area contributed by atoms with E-state index in [0.717, 1.165) is 5.56 Å². The number of nitrogens with zero attached hydrogens (tertiary/aromatic N) is 1. The van der Waals surface area contributed by atoms with E-state index in [9.17, 15) is 9.59 Å². The normalized spacial score (nSPS) is 10.1. The Hall–Kier alpha value is -2.63. The predicted molar refractivity (Wildman–Crippen MR) is 75.5 cm³/mol. The molecule has 110 valence electrons.